The Bertz CT molecular complexity index is 730. The van der Waals surface area contributed by atoms with Crippen molar-refractivity contribution in [1.82, 2.24) is 15.1 Å². The van der Waals surface area contributed by atoms with E-state index < -0.39 is 6.10 Å². The molecule has 1 aliphatic rings. The Balaban J connectivity index is 1.49. The second-order valence-electron chi connectivity index (χ2n) is 6.56. The molecule has 1 fully saturated rings. The van der Waals surface area contributed by atoms with Gasteiger partial charge in [0.25, 0.3) is 11.1 Å². The van der Waals surface area contributed by atoms with Crippen LogP contribution >= 0.6 is 11.8 Å². The van der Waals surface area contributed by atoms with Crippen LogP contribution in [0.1, 0.15) is 51.0 Å². The minimum absolute atomic E-state index is 0.109. The number of hydrogen-bond donors (Lipinski definition) is 0. The van der Waals surface area contributed by atoms with Crippen molar-refractivity contribution in [2.75, 3.05) is 18.8 Å². The van der Waals surface area contributed by atoms with Crippen molar-refractivity contribution in [3.63, 3.8) is 0 Å². The minimum Gasteiger partial charge on any atom is -0.481 e. The van der Waals surface area contributed by atoms with Crippen molar-refractivity contribution < 1.29 is 18.3 Å². The number of nitrogens with zero attached hydrogens (tertiary/aromatic N) is 3. The van der Waals surface area contributed by atoms with Gasteiger partial charge in [-0.2, -0.15) is 0 Å². The summed E-state index contributed by atoms with van der Waals surface area (Å²) in [7, 11) is 0. The lowest BCUT2D eigenvalue weighted by Crippen LogP contribution is -2.35. The summed E-state index contributed by atoms with van der Waals surface area (Å²) >= 11 is 1.24. The zero-order valence-electron chi connectivity index (χ0n) is 15.4. The molecule has 1 atom stereocenters. The Hall–Kier alpha value is -2.09. The molecule has 0 N–H and O–H groups in total. The lowest BCUT2D eigenvalue weighted by Gasteiger charge is -2.24. The molecule has 3 rings (SSSR count). The second kappa shape index (κ2) is 9.73. The maximum atomic E-state index is 12.9. The number of carbonyl (C=O) groups excluding carboxylic acids is 1. The molecular weight excluding hydrogens is 369 g/mol. The molecule has 0 bridgehead atoms. The van der Waals surface area contributed by atoms with E-state index in [1.807, 2.05) is 4.90 Å². The van der Waals surface area contributed by atoms with Crippen LogP contribution in [0, 0.1) is 5.82 Å². The third-order valence-corrected chi connectivity index (χ3v) is 5.23. The van der Waals surface area contributed by atoms with E-state index in [1.165, 1.54) is 43.2 Å². The summed E-state index contributed by atoms with van der Waals surface area (Å²) in [6.07, 6.45) is 5.31. The average molecular weight is 393 g/mol. The van der Waals surface area contributed by atoms with E-state index in [0.717, 1.165) is 25.9 Å². The molecule has 27 heavy (non-hydrogen) atoms. The van der Waals surface area contributed by atoms with Crippen molar-refractivity contribution in [2.24, 2.45) is 0 Å². The highest BCUT2D eigenvalue weighted by Gasteiger charge is 2.19. The zero-order valence-corrected chi connectivity index (χ0v) is 16.2. The number of hydrogen-bond acceptors (Lipinski definition) is 6. The molecule has 1 amide bonds. The standard InChI is InChI=1S/C19H24FN3O3S/c1-14(25-16-9-7-15(20)8-10-16)18-21-22-19(26-18)27-13-17(24)23-11-5-3-2-4-6-12-23/h7-10,14H,2-6,11-13H2,1H3/t14-/m0/s1. The van der Waals surface area contributed by atoms with Crippen LogP contribution in [0.3, 0.4) is 0 Å². The molecule has 1 aromatic carbocycles. The molecule has 8 heteroatoms. The van der Waals surface area contributed by atoms with Gasteiger partial charge in [-0.05, 0) is 44.0 Å². The summed E-state index contributed by atoms with van der Waals surface area (Å²) < 4.78 is 24.2. The molecule has 6 nitrogen and oxygen atoms in total. The second-order valence-corrected chi connectivity index (χ2v) is 7.48. The average Bonchev–Trinajstić information content (AvgIpc) is 3.10. The van der Waals surface area contributed by atoms with Gasteiger partial charge in [-0.1, -0.05) is 31.0 Å². The van der Waals surface area contributed by atoms with Crippen molar-refractivity contribution in [3.8, 4) is 5.75 Å². The Morgan fingerprint density at radius 1 is 1.19 bits per heavy atom. The van der Waals surface area contributed by atoms with Gasteiger partial charge in [-0.15, -0.1) is 10.2 Å². The largest absolute Gasteiger partial charge is 0.481 e. The molecule has 0 unspecified atom stereocenters. The van der Waals surface area contributed by atoms with Crippen LogP contribution in [0.4, 0.5) is 4.39 Å². The summed E-state index contributed by atoms with van der Waals surface area (Å²) in [6, 6.07) is 5.74. The smallest absolute Gasteiger partial charge is 0.277 e. The lowest BCUT2D eigenvalue weighted by atomic mass is 10.1. The zero-order chi connectivity index (χ0) is 19.1. The summed E-state index contributed by atoms with van der Waals surface area (Å²) in [5, 5.41) is 8.31. The van der Waals surface area contributed by atoms with Crippen LogP contribution < -0.4 is 4.74 Å². The highest BCUT2D eigenvalue weighted by atomic mass is 32.2. The van der Waals surface area contributed by atoms with Crippen molar-refractivity contribution in [3.05, 3.63) is 36.0 Å². The summed E-state index contributed by atoms with van der Waals surface area (Å²) in [4.78, 5) is 14.3. The fourth-order valence-corrected chi connectivity index (χ4v) is 3.59. The predicted molar refractivity (Wildman–Crippen MR) is 100 cm³/mol. The fraction of sp³-hybridized carbons (Fsp3) is 0.526. The van der Waals surface area contributed by atoms with Gasteiger partial charge in [-0.3, -0.25) is 4.79 Å². The van der Waals surface area contributed by atoms with E-state index in [1.54, 1.807) is 19.1 Å². The van der Waals surface area contributed by atoms with Gasteiger partial charge in [0.15, 0.2) is 6.10 Å². The van der Waals surface area contributed by atoms with E-state index in [0.29, 0.717) is 16.9 Å². The van der Waals surface area contributed by atoms with Gasteiger partial charge in [0.05, 0.1) is 5.75 Å². The van der Waals surface area contributed by atoms with Crippen LogP contribution in [0.25, 0.3) is 0 Å². The first-order chi connectivity index (χ1) is 13.1. The summed E-state index contributed by atoms with van der Waals surface area (Å²) in [6.45, 7) is 3.44. The molecule has 1 aliphatic heterocycles. The fourth-order valence-electron chi connectivity index (χ4n) is 2.92. The number of halogens is 1. The molecule has 0 radical (unpaired) electrons. The topological polar surface area (TPSA) is 68.5 Å². The van der Waals surface area contributed by atoms with Gasteiger partial charge in [-0.25, -0.2) is 4.39 Å². The maximum Gasteiger partial charge on any atom is 0.277 e. The van der Waals surface area contributed by atoms with E-state index >= 15 is 0 Å². The van der Waals surface area contributed by atoms with Crippen molar-refractivity contribution in [1.29, 1.82) is 0 Å². The monoisotopic (exact) mass is 393 g/mol. The van der Waals surface area contributed by atoms with Crippen LogP contribution in [0.15, 0.2) is 33.9 Å². The number of aromatic nitrogens is 2. The number of rotatable bonds is 6. The van der Waals surface area contributed by atoms with E-state index in [-0.39, 0.29) is 17.5 Å². The minimum atomic E-state index is -0.470. The Morgan fingerprint density at radius 3 is 2.56 bits per heavy atom. The molecule has 1 saturated heterocycles. The number of ether oxygens (including phenoxy) is 1. The first-order valence-corrected chi connectivity index (χ1v) is 10.3. The SMILES string of the molecule is C[C@H](Oc1ccc(F)cc1)c1nnc(SCC(=O)N2CCCCCCC2)o1. The molecular formula is C19H24FN3O3S. The third kappa shape index (κ3) is 5.95. The van der Waals surface area contributed by atoms with Gasteiger partial charge >= 0.3 is 0 Å². The maximum absolute atomic E-state index is 12.9. The molecule has 0 saturated carbocycles. The molecule has 2 heterocycles. The van der Waals surface area contributed by atoms with Crippen molar-refractivity contribution >= 4 is 17.7 Å². The number of benzene rings is 1. The van der Waals surface area contributed by atoms with E-state index in [9.17, 15) is 9.18 Å². The van der Waals surface area contributed by atoms with Crippen LogP contribution in [0.5, 0.6) is 5.75 Å². The van der Waals surface area contributed by atoms with Gasteiger partial charge in [0.1, 0.15) is 11.6 Å². The number of carbonyl (C=O) groups is 1. The summed E-state index contributed by atoms with van der Waals surface area (Å²) in [5.74, 6) is 0.909. The van der Waals surface area contributed by atoms with Crippen LogP contribution in [-0.4, -0.2) is 39.8 Å². The molecule has 1 aromatic heterocycles. The molecule has 146 valence electrons. The number of thioether (sulfide) groups is 1. The normalized spacial score (nSPS) is 16.4. The van der Waals surface area contributed by atoms with Crippen LogP contribution in [-0.2, 0) is 4.79 Å². The molecule has 0 spiro atoms. The molecule has 2 aromatic rings. The quantitative estimate of drug-likeness (QED) is 0.684. The lowest BCUT2D eigenvalue weighted by molar-refractivity contribution is -0.128. The van der Waals surface area contributed by atoms with Crippen LogP contribution in [0.2, 0.25) is 0 Å². The Kier molecular flexibility index (Phi) is 7.09. The molecule has 0 aliphatic carbocycles. The van der Waals surface area contributed by atoms with Gasteiger partial charge in [0.2, 0.25) is 5.91 Å². The highest BCUT2D eigenvalue weighted by Crippen LogP contribution is 2.24. The van der Waals surface area contributed by atoms with E-state index in [2.05, 4.69) is 10.2 Å². The first kappa shape index (κ1) is 19.7. The summed E-state index contributed by atoms with van der Waals surface area (Å²) in [5.41, 5.74) is 0. The Labute approximate surface area is 162 Å². The number of likely N-dealkylation sites (tertiary alicyclic amines) is 1. The van der Waals surface area contributed by atoms with E-state index in [4.69, 9.17) is 9.15 Å². The first-order valence-electron chi connectivity index (χ1n) is 9.28. The van der Waals surface area contributed by atoms with Crippen molar-refractivity contribution in [2.45, 2.75) is 50.4 Å². The third-order valence-electron chi connectivity index (χ3n) is 4.42. The Morgan fingerprint density at radius 2 is 1.85 bits per heavy atom. The number of amides is 1. The predicted octanol–water partition coefficient (Wildman–Crippen LogP) is 4.23. The van der Waals surface area contributed by atoms with Gasteiger partial charge < -0.3 is 14.1 Å². The highest BCUT2D eigenvalue weighted by molar-refractivity contribution is 7.99. The van der Waals surface area contributed by atoms with Gasteiger partial charge in [0, 0.05) is 13.1 Å².